The van der Waals surface area contributed by atoms with E-state index < -0.39 is 27.6 Å². The predicted octanol–water partition coefficient (Wildman–Crippen LogP) is 3.31. The molecule has 4 rings (SSSR count). The molecule has 0 aromatic heterocycles. The number of nitrogens with one attached hydrogen (secondary N) is 1. The van der Waals surface area contributed by atoms with Gasteiger partial charge in [0.2, 0.25) is 9.84 Å². The molecule has 2 aliphatic rings. The minimum absolute atomic E-state index is 0.162. The van der Waals surface area contributed by atoms with Crippen LogP contribution in [-0.2, 0) is 14.6 Å². The molecule has 2 heterocycles. The molecule has 2 aromatic carbocycles. The second-order valence-electron chi connectivity index (χ2n) is 7.11. The fraction of sp³-hybridized carbons (Fsp3) is 0.286. The summed E-state index contributed by atoms with van der Waals surface area (Å²) in [5, 5.41) is 2.78. The summed E-state index contributed by atoms with van der Waals surface area (Å²) in [5.74, 6) is -0.640. The Labute approximate surface area is 168 Å². The number of hydrogen-bond donors (Lipinski definition) is 1. The summed E-state index contributed by atoms with van der Waals surface area (Å²) < 4.78 is 45.4. The number of fused-ring (bicyclic) bond motifs is 3. The van der Waals surface area contributed by atoms with Gasteiger partial charge in [0.15, 0.2) is 4.91 Å². The lowest BCUT2D eigenvalue weighted by Crippen LogP contribution is -2.36. The average molecular weight is 416 g/mol. The van der Waals surface area contributed by atoms with Crippen LogP contribution < -0.4 is 15.0 Å². The van der Waals surface area contributed by atoms with E-state index in [-0.39, 0.29) is 9.80 Å². The van der Waals surface area contributed by atoms with Gasteiger partial charge in [-0.25, -0.2) is 12.8 Å². The number of sulfone groups is 1. The van der Waals surface area contributed by atoms with Crippen molar-refractivity contribution in [2.45, 2.75) is 30.7 Å². The second-order valence-corrected chi connectivity index (χ2v) is 8.97. The van der Waals surface area contributed by atoms with Crippen LogP contribution in [0.5, 0.6) is 5.75 Å². The molecule has 1 N–H and O–H groups in total. The summed E-state index contributed by atoms with van der Waals surface area (Å²) in [6.45, 7) is 2.37. The summed E-state index contributed by atoms with van der Waals surface area (Å²) >= 11 is 0. The quantitative estimate of drug-likeness (QED) is 0.828. The van der Waals surface area contributed by atoms with E-state index >= 15 is 0 Å². The molecular formula is C21H21FN2O4S. The van der Waals surface area contributed by atoms with Crippen molar-refractivity contribution in [2.24, 2.45) is 0 Å². The number of amides is 1. The molecule has 8 heteroatoms. The Bertz CT molecular complexity index is 1110. The van der Waals surface area contributed by atoms with Gasteiger partial charge < -0.3 is 15.0 Å². The topological polar surface area (TPSA) is 75.7 Å². The Morgan fingerprint density at radius 3 is 2.62 bits per heavy atom. The van der Waals surface area contributed by atoms with Crippen molar-refractivity contribution in [2.75, 3.05) is 18.6 Å². The van der Waals surface area contributed by atoms with Crippen LogP contribution in [0.3, 0.4) is 0 Å². The van der Waals surface area contributed by atoms with E-state index in [1.54, 1.807) is 26.2 Å². The second kappa shape index (κ2) is 7.18. The first kappa shape index (κ1) is 19.4. The van der Waals surface area contributed by atoms with E-state index in [4.69, 9.17) is 4.74 Å². The molecule has 1 fully saturated rings. The Balaban J connectivity index is 1.70. The molecule has 0 saturated carbocycles. The van der Waals surface area contributed by atoms with Crippen LogP contribution >= 0.6 is 0 Å². The zero-order chi connectivity index (χ0) is 20.8. The average Bonchev–Trinajstić information content (AvgIpc) is 3.16. The Morgan fingerprint density at radius 2 is 1.93 bits per heavy atom. The Kier molecular flexibility index (Phi) is 4.82. The molecule has 6 nitrogen and oxygen atoms in total. The Hall–Kier alpha value is -2.87. The van der Waals surface area contributed by atoms with E-state index in [2.05, 4.69) is 5.32 Å². The Morgan fingerprint density at radius 1 is 1.21 bits per heavy atom. The smallest absolute Gasteiger partial charge is 0.265 e. The highest BCUT2D eigenvalue weighted by atomic mass is 32.2. The number of ether oxygens (including phenoxy) is 1. The van der Waals surface area contributed by atoms with Gasteiger partial charge >= 0.3 is 0 Å². The van der Waals surface area contributed by atoms with E-state index in [0.29, 0.717) is 30.1 Å². The highest BCUT2D eigenvalue weighted by Crippen LogP contribution is 2.43. The maximum Gasteiger partial charge on any atom is 0.265 e. The van der Waals surface area contributed by atoms with E-state index in [9.17, 15) is 17.6 Å². The van der Waals surface area contributed by atoms with Gasteiger partial charge in [-0.2, -0.15) is 0 Å². The number of carbonyl (C=O) groups is 1. The summed E-state index contributed by atoms with van der Waals surface area (Å²) in [6.07, 6.45) is 1.21. The molecule has 1 atom stereocenters. The summed E-state index contributed by atoms with van der Waals surface area (Å²) in [6, 6.07) is 10.4. The standard InChI is InChI=1S/C21H21FN2O4S/c1-13(14-5-8-16(28-2)9-6-14)23-21(25)20-18-4-3-11-24(18)17-10-7-15(22)12-19(17)29(20,26)27/h5-10,12-13H,3-4,11H2,1-2H3,(H,23,25)/t13-/m1/s1. The van der Waals surface area contributed by atoms with Crippen LogP contribution in [0.2, 0.25) is 0 Å². The van der Waals surface area contributed by atoms with E-state index in [0.717, 1.165) is 18.1 Å². The van der Waals surface area contributed by atoms with Crippen molar-refractivity contribution in [3.8, 4) is 5.75 Å². The van der Waals surface area contributed by atoms with Gasteiger partial charge in [-0.15, -0.1) is 0 Å². The first-order valence-corrected chi connectivity index (χ1v) is 10.8. The normalized spacial score (nSPS) is 18.1. The molecule has 0 spiro atoms. The molecule has 29 heavy (non-hydrogen) atoms. The number of nitrogens with zero attached hydrogens (tertiary/aromatic N) is 1. The van der Waals surface area contributed by atoms with Gasteiger partial charge in [-0.1, -0.05) is 12.1 Å². The summed E-state index contributed by atoms with van der Waals surface area (Å²) in [7, 11) is -2.57. The SMILES string of the molecule is COc1ccc([C@@H](C)NC(=O)C2=C3CCCN3c3ccc(F)cc3S2(=O)=O)cc1. The number of hydrogen-bond acceptors (Lipinski definition) is 5. The van der Waals surface area contributed by atoms with Crippen molar-refractivity contribution < 1.29 is 22.3 Å². The van der Waals surface area contributed by atoms with Gasteiger partial charge in [0, 0.05) is 12.2 Å². The van der Waals surface area contributed by atoms with Gasteiger partial charge in [-0.05, 0) is 55.7 Å². The minimum Gasteiger partial charge on any atom is -0.497 e. The predicted molar refractivity (Wildman–Crippen MR) is 107 cm³/mol. The van der Waals surface area contributed by atoms with Crippen LogP contribution in [0.4, 0.5) is 10.1 Å². The zero-order valence-electron chi connectivity index (χ0n) is 16.1. The molecule has 0 aliphatic carbocycles. The number of allylic oxidation sites excluding steroid dienone is 1. The first-order valence-electron chi connectivity index (χ1n) is 9.33. The molecule has 0 bridgehead atoms. The van der Waals surface area contributed by atoms with Crippen molar-refractivity contribution in [3.63, 3.8) is 0 Å². The van der Waals surface area contributed by atoms with Crippen LogP contribution in [0.25, 0.3) is 0 Å². The molecular weight excluding hydrogens is 395 g/mol. The van der Waals surface area contributed by atoms with Crippen LogP contribution in [0.1, 0.15) is 31.4 Å². The highest BCUT2D eigenvalue weighted by molar-refractivity contribution is 7.96. The van der Waals surface area contributed by atoms with E-state index in [1.807, 2.05) is 17.0 Å². The number of benzene rings is 2. The van der Waals surface area contributed by atoms with Crippen molar-refractivity contribution in [1.29, 1.82) is 0 Å². The lowest BCUT2D eigenvalue weighted by Gasteiger charge is -2.30. The van der Waals surface area contributed by atoms with E-state index in [1.165, 1.54) is 12.1 Å². The third-order valence-corrected chi connectivity index (χ3v) is 7.19. The largest absolute Gasteiger partial charge is 0.497 e. The fourth-order valence-electron chi connectivity index (χ4n) is 3.86. The van der Waals surface area contributed by atoms with Gasteiger partial charge in [0.1, 0.15) is 11.6 Å². The third-order valence-electron chi connectivity index (χ3n) is 5.32. The fourth-order valence-corrected chi connectivity index (χ4v) is 5.63. The maximum absolute atomic E-state index is 13.8. The number of anilines is 1. The molecule has 1 amide bonds. The van der Waals surface area contributed by atoms with Crippen molar-refractivity contribution in [1.82, 2.24) is 5.32 Å². The monoisotopic (exact) mass is 416 g/mol. The van der Waals surface area contributed by atoms with Crippen molar-refractivity contribution in [3.05, 3.63) is 64.4 Å². The molecule has 1 saturated heterocycles. The van der Waals surface area contributed by atoms with Gasteiger partial charge in [-0.3, -0.25) is 4.79 Å². The third kappa shape index (κ3) is 3.27. The number of carbonyl (C=O) groups excluding carboxylic acids is 1. The van der Waals surface area contributed by atoms with Crippen LogP contribution in [0, 0.1) is 5.82 Å². The molecule has 0 unspecified atom stereocenters. The molecule has 0 radical (unpaired) electrons. The number of rotatable bonds is 4. The molecule has 152 valence electrons. The molecule has 2 aliphatic heterocycles. The summed E-state index contributed by atoms with van der Waals surface area (Å²) in [4.78, 5) is 14.4. The molecule has 2 aromatic rings. The van der Waals surface area contributed by atoms with Gasteiger partial charge in [0.25, 0.3) is 5.91 Å². The van der Waals surface area contributed by atoms with Crippen LogP contribution in [0.15, 0.2) is 58.0 Å². The van der Waals surface area contributed by atoms with Crippen molar-refractivity contribution >= 4 is 21.4 Å². The number of methoxy groups -OCH3 is 1. The minimum atomic E-state index is -4.13. The lowest BCUT2D eigenvalue weighted by atomic mass is 10.1. The highest BCUT2D eigenvalue weighted by Gasteiger charge is 2.42. The van der Waals surface area contributed by atoms with Crippen LogP contribution in [-0.4, -0.2) is 28.0 Å². The lowest BCUT2D eigenvalue weighted by molar-refractivity contribution is -0.117. The first-order chi connectivity index (χ1) is 13.8. The summed E-state index contributed by atoms with van der Waals surface area (Å²) in [5.41, 5.74) is 1.72. The van der Waals surface area contributed by atoms with Gasteiger partial charge in [0.05, 0.1) is 23.7 Å². The maximum atomic E-state index is 13.8. The number of halogens is 1. The zero-order valence-corrected chi connectivity index (χ0v) is 16.9.